The second-order valence-corrected chi connectivity index (χ2v) is 4.50. The fourth-order valence-electron chi connectivity index (χ4n) is 1.64. The van der Waals surface area contributed by atoms with Crippen molar-refractivity contribution in [3.8, 4) is 0 Å². The van der Waals surface area contributed by atoms with E-state index in [4.69, 9.17) is 9.63 Å². The van der Waals surface area contributed by atoms with Gasteiger partial charge in [-0.3, -0.25) is 9.69 Å². The number of carboxylic acids is 1. The summed E-state index contributed by atoms with van der Waals surface area (Å²) in [6.45, 7) is 7.49. The van der Waals surface area contributed by atoms with Gasteiger partial charge < -0.3 is 9.63 Å². The Morgan fingerprint density at radius 1 is 1.59 bits per heavy atom. The molecule has 17 heavy (non-hydrogen) atoms. The third-order valence-electron chi connectivity index (χ3n) is 2.60. The molecule has 0 aromatic carbocycles. The predicted octanol–water partition coefficient (Wildman–Crippen LogP) is 2.06. The molecule has 0 spiro atoms. The minimum absolute atomic E-state index is 0.207. The summed E-state index contributed by atoms with van der Waals surface area (Å²) in [6, 6.07) is 2.27. The summed E-state index contributed by atoms with van der Waals surface area (Å²) in [5, 5.41) is 12.5. The SMILES string of the molecule is Cc1cc(CN(CCCC(=O)O)C(C)C)on1. The van der Waals surface area contributed by atoms with Crippen molar-refractivity contribution in [1.82, 2.24) is 10.1 Å². The summed E-state index contributed by atoms with van der Waals surface area (Å²) in [7, 11) is 0. The predicted molar refractivity (Wildman–Crippen MR) is 63.7 cm³/mol. The Balaban J connectivity index is 2.46. The lowest BCUT2D eigenvalue weighted by atomic mass is 10.2. The van der Waals surface area contributed by atoms with Crippen LogP contribution in [-0.2, 0) is 11.3 Å². The topological polar surface area (TPSA) is 66.6 Å². The van der Waals surface area contributed by atoms with Crippen LogP contribution in [0, 0.1) is 6.92 Å². The molecule has 0 saturated carbocycles. The fourth-order valence-corrected chi connectivity index (χ4v) is 1.64. The molecule has 0 saturated heterocycles. The van der Waals surface area contributed by atoms with Gasteiger partial charge in [0, 0.05) is 18.5 Å². The summed E-state index contributed by atoms with van der Waals surface area (Å²) in [5.74, 6) is 0.0794. The molecule has 0 aliphatic carbocycles. The number of carbonyl (C=O) groups is 1. The van der Waals surface area contributed by atoms with Crippen molar-refractivity contribution in [3.63, 3.8) is 0 Å². The van der Waals surface area contributed by atoms with Crippen molar-refractivity contribution >= 4 is 5.97 Å². The van der Waals surface area contributed by atoms with Crippen LogP contribution in [0.1, 0.15) is 38.1 Å². The Bertz CT molecular complexity index is 360. The van der Waals surface area contributed by atoms with Crippen LogP contribution in [0.4, 0.5) is 0 Å². The molecule has 1 heterocycles. The van der Waals surface area contributed by atoms with E-state index in [1.54, 1.807) is 0 Å². The third-order valence-corrected chi connectivity index (χ3v) is 2.60. The van der Waals surface area contributed by atoms with E-state index in [9.17, 15) is 4.79 Å². The molecule has 0 atom stereocenters. The molecule has 0 fully saturated rings. The number of carboxylic acid groups (broad SMARTS) is 1. The summed E-state index contributed by atoms with van der Waals surface area (Å²) in [5.41, 5.74) is 0.870. The second kappa shape index (κ2) is 6.39. The van der Waals surface area contributed by atoms with Gasteiger partial charge in [-0.05, 0) is 33.7 Å². The summed E-state index contributed by atoms with van der Waals surface area (Å²) >= 11 is 0. The standard InChI is InChI=1S/C12H20N2O3/c1-9(2)14(6-4-5-12(15)16)8-11-7-10(3)13-17-11/h7,9H,4-6,8H2,1-3H3,(H,15,16). The van der Waals surface area contributed by atoms with E-state index in [1.807, 2.05) is 13.0 Å². The first-order chi connectivity index (χ1) is 7.99. The molecule has 1 aromatic rings. The van der Waals surface area contributed by atoms with Gasteiger partial charge in [-0.2, -0.15) is 0 Å². The molecule has 0 bridgehead atoms. The van der Waals surface area contributed by atoms with Gasteiger partial charge in [0.1, 0.15) is 0 Å². The Morgan fingerprint density at radius 3 is 2.76 bits per heavy atom. The molecule has 1 rings (SSSR count). The van der Waals surface area contributed by atoms with E-state index in [-0.39, 0.29) is 6.42 Å². The maximum absolute atomic E-state index is 10.5. The normalized spacial score (nSPS) is 11.4. The molecular formula is C12H20N2O3. The summed E-state index contributed by atoms with van der Waals surface area (Å²) < 4.78 is 5.16. The number of rotatable bonds is 7. The molecule has 96 valence electrons. The molecule has 0 aliphatic rings. The van der Waals surface area contributed by atoms with Gasteiger partial charge in [-0.25, -0.2) is 0 Å². The van der Waals surface area contributed by atoms with Gasteiger partial charge in [-0.1, -0.05) is 5.16 Å². The maximum atomic E-state index is 10.5. The van der Waals surface area contributed by atoms with Crippen LogP contribution in [0.5, 0.6) is 0 Å². The molecule has 5 nitrogen and oxygen atoms in total. The highest BCUT2D eigenvalue weighted by Crippen LogP contribution is 2.10. The number of nitrogens with zero attached hydrogens (tertiary/aromatic N) is 2. The molecule has 0 amide bonds. The summed E-state index contributed by atoms with van der Waals surface area (Å²) in [4.78, 5) is 12.6. The molecular weight excluding hydrogens is 220 g/mol. The van der Waals surface area contributed by atoms with Crippen molar-refractivity contribution in [1.29, 1.82) is 0 Å². The number of hydrogen-bond donors (Lipinski definition) is 1. The maximum Gasteiger partial charge on any atom is 0.303 e. The van der Waals surface area contributed by atoms with Crippen LogP contribution < -0.4 is 0 Å². The van der Waals surface area contributed by atoms with Gasteiger partial charge in [0.2, 0.25) is 0 Å². The van der Waals surface area contributed by atoms with Crippen LogP contribution >= 0.6 is 0 Å². The Hall–Kier alpha value is -1.36. The Morgan fingerprint density at radius 2 is 2.29 bits per heavy atom. The number of aryl methyl sites for hydroxylation is 1. The highest BCUT2D eigenvalue weighted by atomic mass is 16.5. The van der Waals surface area contributed by atoms with Crippen molar-refractivity contribution in [2.45, 2.75) is 46.2 Å². The lowest BCUT2D eigenvalue weighted by Gasteiger charge is -2.24. The first-order valence-electron chi connectivity index (χ1n) is 5.87. The van der Waals surface area contributed by atoms with Crippen LogP contribution in [-0.4, -0.2) is 33.7 Å². The zero-order valence-corrected chi connectivity index (χ0v) is 10.6. The minimum Gasteiger partial charge on any atom is -0.481 e. The van der Waals surface area contributed by atoms with Crippen molar-refractivity contribution in [2.75, 3.05) is 6.54 Å². The van der Waals surface area contributed by atoms with Gasteiger partial charge >= 0.3 is 5.97 Å². The molecule has 5 heteroatoms. The monoisotopic (exact) mass is 240 g/mol. The van der Waals surface area contributed by atoms with Gasteiger partial charge in [0.05, 0.1) is 12.2 Å². The smallest absolute Gasteiger partial charge is 0.303 e. The summed E-state index contributed by atoms with van der Waals surface area (Å²) in [6.07, 6.45) is 0.860. The molecule has 0 aliphatic heterocycles. The third kappa shape index (κ3) is 4.99. The quantitative estimate of drug-likeness (QED) is 0.790. The van der Waals surface area contributed by atoms with Gasteiger partial charge in [0.25, 0.3) is 0 Å². The van der Waals surface area contributed by atoms with E-state index < -0.39 is 5.97 Å². The van der Waals surface area contributed by atoms with Crippen LogP contribution in [0.25, 0.3) is 0 Å². The van der Waals surface area contributed by atoms with E-state index in [0.717, 1.165) is 18.0 Å². The molecule has 0 radical (unpaired) electrons. The zero-order chi connectivity index (χ0) is 12.8. The second-order valence-electron chi connectivity index (χ2n) is 4.50. The van der Waals surface area contributed by atoms with Crippen LogP contribution in [0.3, 0.4) is 0 Å². The molecule has 1 aromatic heterocycles. The lowest BCUT2D eigenvalue weighted by Crippen LogP contribution is -2.31. The van der Waals surface area contributed by atoms with E-state index in [1.165, 1.54) is 0 Å². The average molecular weight is 240 g/mol. The highest BCUT2D eigenvalue weighted by Gasteiger charge is 2.13. The Labute approximate surface area is 101 Å². The van der Waals surface area contributed by atoms with Gasteiger partial charge in [-0.15, -0.1) is 0 Å². The Kier molecular flexibility index (Phi) is 5.15. The number of aromatic nitrogens is 1. The lowest BCUT2D eigenvalue weighted by molar-refractivity contribution is -0.137. The highest BCUT2D eigenvalue weighted by molar-refractivity contribution is 5.66. The van der Waals surface area contributed by atoms with E-state index >= 15 is 0 Å². The van der Waals surface area contributed by atoms with E-state index in [2.05, 4.69) is 23.9 Å². The van der Waals surface area contributed by atoms with Crippen molar-refractivity contribution in [3.05, 3.63) is 17.5 Å². The molecule has 0 unspecified atom stereocenters. The zero-order valence-electron chi connectivity index (χ0n) is 10.6. The first-order valence-corrected chi connectivity index (χ1v) is 5.87. The van der Waals surface area contributed by atoms with Gasteiger partial charge in [0.15, 0.2) is 5.76 Å². The number of aliphatic carboxylic acids is 1. The molecule has 1 N–H and O–H groups in total. The minimum atomic E-state index is -0.746. The largest absolute Gasteiger partial charge is 0.481 e. The average Bonchev–Trinajstić information content (AvgIpc) is 2.62. The number of hydrogen-bond acceptors (Lipinski definition) is 4. The van der Waals surface area contributed by atoms with Crippen molar-refractivity contribution in [2.24, 2.45) is 0 Å². The van der Waals surface area contributed by atoms with Crippen molar-refractivity contribution < 1.29 is 14.4 Å². The van der Waals surface area contributed by atoms with Crippen LogP contribution in [0.15, 0.2) is 10.6 Å². The van der Waals surface area contributed by atoms with E-state index in [0.29, 0.717) is 19.0 Å². The van der Waals surface area contributed by atoms with Crippen LogP contribution in [0.2, 0.25) is 0 Å². The first kappa shape index (κ1) is 13.7. The fraction of sp³-hybridized carbons (Fsp3) is 0.667.